The van der Waals surface area contributed by atoms with Gasteiger partial charge in [0.2, 0.25) is 0 Å². The number of rotatable bonds is 4. The molecule has 78 valence electrons. The van der Waals surface area contributed by atoms with Crippen molar-refractivity contribution in [2.24, 2.45) is 11.7 Å². The van der Waals surface area contributed by atoms with Crippen LogP contribution in [0, 0.1) is 5.92 Å². The zero-order chi connectivity index (χ0) is 10.6. The summed E-state index contributed by atoms with van der Waals surface area (Å²) in [7, 11) is 0. The van der Waals surface area contributed by atoms with E-state index in [9.17, 15) is 0 Å². The van der Waals surface area contributed by atoms with Gasteiger partial charge in [-0.15, -0.1) is 0 Å². The number of benzene rings is 1. The fraction of sp³-hybridized carbons (Fsp3) is 0.538. The van der Waals surface area contributed by atoms with E-state index in [1.54, 1.807) is 0 Å². The van der Waals surface area contributed by atoms with E-state index in [1.165, 1.54) is 5.56 Å². The average molecular weight is 191 g/mol. The molecule has 1 rings (SSSR count). The van der Waals surface area contributed by atoms with Crippen molar-refractivity contribution in [3.63, 3.8) is 0 Å². The maximum atomic E-state index is 5.60. The van der Waals surface area contributed by atoms with Gasteiger partial charge in [-0.1, -0.05) is 51.1 Å². The summed E-state index contributed by atoms with van der Waals surface area (Å²) in [6, 6.07) is 10.7. The fourth-order valence-corrected chi connectivity index (χ4v) is 1.76. The predicted octanol–water partition coefficient (Wildman–Crippen LogP) is 2.95. The van der Waals surface area contributed by atoms with Gasteiger partial charge in [0.05, 0.1) is 0 Å². The molecule has 1 unspecified atom stereocenters. The lowest BCUT2D eigenvalue weighted by molar-refractivity contribution is 0.328. The molecule has 1 aromatic rings. The Morgan fingerprint density at radius 3 is 2.29 bits per heavy atom. The van der Waals surface area contributed by atoms with Crippen LogP contribution in [0.2, 0.25) is 0 Å². The molecule has 0 spiro atoms. The molecule has 0 radical (unpaired) electrons. The lowest BCUT2D eigenvalue weighted by Gasteiger charge is -2.32. The fourth-order valence-electron chi connectivity index (χ4n) is 1.76. The maximum Gasteiger partial charge on any atom is -0.00744 e. The number of hydrogen-bond acceptors (Lipinski definition) is 1. The molecule has 2 N–H and O–H groups in total. The van der Waals surface area contributed by atoms with Crippen molar-refractivity contribution >= 4 is 0 Å². The molecule has 0 heterocycles. The van der Waals surface area contributed by atoms with Gasteiger partial charge < -0.3 is 5.73 Å². The van der Waals surface area contributed by atoms with Crippen molar-refractivity contribution in [3.05, 3.63) is 35.9 Å². The van der Waals surface area contributed by atoms with E-state index in [0.29, 0.717) is 5.92 Å². The second-order valence-electron chi connectivity index (χ2n) is 4.57. The standard InChI is InChI=1S/C13H21N/c1-11(9-10-14)13(2,3)12-7-5-4-6-8-12/h4-8,11H,9-10,14H2,1-3H3. The summed E-state index contributed by atoms with van der Waals surface area (Å²) in [6.45, 7) is 7.64. The highest BCUT2D eigenvalue weighted by Crippen LogP contribution is 2.32. The average Bonchev–Trinajstić information content (AvgIpc) is 2.19. The minimum absolute atomic E-state index is 0.223. The molecule has 1 atom stereocenters. The SMILES string of the molecule is CC(CCN)C(C)(C)c1ccccc1. The Hall–Kier alpha value is -0.820. The van der Waals surface area contributed by atoms with Crippen LogP contribution in [0.25, 0.3) is 0 Å². The molecule has 1 aromatic carbocycles. The van der Waals surface area contributed by atoms with E-state index < -0.39 is 0 Å². The van der Waals surface area contributed by atoms with Gasteiger partial charge >= 0.3 is 0 Å². The van der Waals surface area contributed by atoms with Crippen molar-refractivity contribution < 1.29 is 0 Å². The molecule has 0 aromatic heterocycles. The Kier molecular flexibility index (Phi) is 3.70. The van der Waals surface area contributed by atoms with Gasteiger partial charge in [0.15, 0.2) is 0 Å². The number of hydrogen-bond donors (Lipinski definition) is 1. The van der Waals surface area contributed by atoms with Gasteiger partial charge in [-0.25, -0.2) is 0 Å². The summed E-state index contributed by atoms with van der Waals surface area (Å²) in [5.74, 6) is 0.620. The molecule has 1 nitrogen and oxygen atoms in total. The molecule has 0 fully saturated rings. The Bertz CT molecular complexity index is 264. The molecule has 0 aliphatic carbocycles. The Morgan fingerprint density at radius 2 is 1.79 bits per heavy atom. The number of nitrogens with two attached hydrogens (primary N) is 1. The third-order valence-corrected chi connectivity index (χ3v) is 3.35. The highest BCUT2D eigenvalue weighted by Gasteiger charge is 2.26. The predicted molar refractivity (Wildman–Crippen MR) is 62.3 cm³/mol. The molecule has 14 heavy (non-hydrogen) atoms. The van der Waals surface area contributed by atoms with Gasteiger partial charge in [-0.05, 0) is 29.9 Å². The summed E-state index contributed by atoms with van der Waals surface area (Å²) < 4.78 is 0. The molecular formula is C13H21N. The Morgan fingerprint density at radius 1 is 1.21 bits per heavy atom. The second kappa shape index (κ2) is 4.61. The lowest BCUT2D eigenvalue weighted by Crippen LogP contribution is -2.28. The van der Waals surface area contributed by atoms with Crippen LogP contribution in [0.5, 0.6) is 0 Å². The van der Waals surface area contributed by atoms with Crippen molar-refractivity contribution in [2.75, 3.05) is 6.54 Å². The topological polar surface area (TPSA) is 26.0 Å². The van der Waals surface area contributed by atoms with Gasteiger partial charge in [-0.2, -0.15) is 0 Å². The van der Waals surface area contributed by atoms with E-state index in [2.05, 4.69) is 51.1 Å². The van der Waals surface area contributed by atoms with Gasteiger partial charge in [0.25, 0.3) is 0 Å². The third kappa shape index (κ3) is 2.36. The first-order valence-electron chi connectivity index (χ1n) is 5.34. The third-order valence-electron chi connectivity index (χ3n) is 3.35. The van der Waals surface area contributed by atoms with E-state index in [1.807, 2.05) is 0 Å². The van der Waals surface area contributed by atoms with Gasteiger partial charge in [0.1, 0.15) is 0 Å². The molecule has 0 aliphatic heterocycles. The van der Waals surface area contributed by atoms with Crippen molar-refractivity contribution in [1.82, 2.24) is 0 Å². The summed E-state index contributed by atoms with van der Waals surface area (Å²) in [6.07, 6.45) is 1.09. The molecule has 0 bridgehead atoms. The largest absolute Gasteiger partial charge is 0.330 e. The molecular weight excluding hydrogens is 170 g/mol. The van der Waals surface area contributed by atoms with Crippen LogP contribution in [0.3, 0.4) is 0 Å². The van der Waals surface area contributed by atoms with Crippen LogP contribution in [0.15, 0.2) is 30.3 Å². The van der Waals surface area contributed by atoms with Crippen molar-refractivity contribution in [3.8, 4) is 0 Å². The normalized spacial score (nSPS) is 14.0. The molecule has 0 saturated heterocycles. The molecule has 0 amide bonds. The van der Waals surface area contributed by atoms with Crippen LogP contribution in [-0.2, 0) is 5.41 Å². The maximum absolute atomic E-state index is 5.60. The van der Waals surface area contributed by atoms with Gasteiger partial charge in [-0.3, -0.25) is 0 Å². The summed E-state index contributed by atoms with van der Waals surface area (Å²) in [4.78, 5) is 0. The van der Waals surface area contributed by atoms with E-state index in [4.69, 9.17) is 5.73 Å². The minimum Gasteiger partial charge on any atom is -0.330 e. The minimum atomic E-state index is 0.223. The second-order valence-corrected chi connectivity index (χ2v) is 4.57. The van der Waals surface area contributed by atoms with E-state index >= 15 is 0 Å². The van der Waals surface area contributed by atoms with Crippen LogP contribution in [0.4, 0.5) is 0 Å². The summed E-state index contributed by atoms with van der Waals surface area (Å²) >= 11 is 0. The zero-order valence-electron chi connectivity index (χ0n) is 9.46. The Balaban J connectivity index is 2.84. The van der Waals surface area contributed by atoms with Crippen molar-refractivity contribution in [2.45, 2.75) is 32.6 Å². The zero-order valence-corrected chi connectivity index (χ0v) is 9.46. The van der Waals surface area contributed by atoms with E-state index in [-0.39, 0.29) is 5.41 Å². The van der Waals surface area contributed by atoms with Crippen LogP contribution in [0.1, 0.15) is 32.8 Å². The first kappa shape index (κ1) is 11.3. The monoisotopic (exact) mass is 191 g/mol. The first-order chi connectivity index (χ1) is 6.59. The van der Waals surface area contributed by atoms with Crippen LogP contribution >= 0.6 is 0 Å². The van der Waals surface area contributed by atoms with Gasteiger partial charge in [0, 0.05) is 0 Å². The first-order valence-corrected chi connectivity index (χ1v) is 5.34. The Labute approximate surface area is 87.3 Å². The van der Waals surface area contributed by atoms with Crippen molar-refractivity contribution in [1.29, 1.82) is 0 Å². The molecule has 0 aliphatic rings. The smallest absolute Gasteiger partial charge is 0.00744 e. The highest BCUT2D eigenvalue weighted by molar-refractivity contribution is 5.24. The van der Waals surface area contributed by atoms with Crippen LogP contribution < -0.4 is 5.73 Å². The molecule has 0 saturated carbocycles. The van der Waals surface area contributed by atoms with E-state index in [0.717, 1.165) is 13.0 Å². The quantitative estimate of drug-likeness (QED) is 0.778. The summed E-state index contributed by atoms with van der Waals surface area (Å²) in [5.41, 5.74) is 7.23. The lowest BCUT2D eigenvalue weighted by atomic mass is 9.73. The summed E-state index contributed by atoms with van der Waals surface area (Å²) in [5, 5.41) is 0. The van der Waals surface area contributed by atoms with Crippen LogP contribution in [-0.4, -0.2) is 6.54 Å². The molecule has 1 heteroatoms. The highest BCUT2D eigenvalue weighted by atomic mass is 14.5.